The highest BCUT2D eigenvalue weighted by Gasteiger charge is 2.29. The molecule has 2 aromatic heterocycles. The number of H-pyrrole nitrogens is 1. The van der Waals surface area contributed by atoms with Crippen LogP contribution in [0.15, 0.2) is 42.7 Å². The minimum absolute atomic E-state index is 0.0441. The van der Waals surface area contributed by atoms with E-state index in [1.165, 1.54) is 0 Å². The van der Waals surface area contributed by atoms with Gasteiger partial charge in [-0.3, -0.25) is 9.52 Å². The second-order valence-electron chi connectivity index (χ2n) is 8.95. The number of carbonyl (C=O) groups excluding carboxylic acids is 1. The lowest BCUT2D eigenvalue weighted by Gasteiger charge is -2.39. The predicted molar refractivity (Wildman–Crippen MR) is 142 cm³/mol. The van der Waals surface area contributed by atoms with Crippen molar-refractivity contribution in [1.29, 1.82) is 0 Å². The molecule has 1 aromatic carbocycles. The zero-order valence-electron chi connectivity index (χ0n) is 20.5. The number of piperidine rings is 1. The molecule has 3 N–H and O–H groups in total. The van der Waals surface area contributed by atoms with Crippen LogP contribution >= 0.6 is 0 Å². The number of aromatic amines is 1. The smallest absolute Gasteiger partial charge is 0.256 e. The molecule has 1 amide bonds. The Hall–Kier alpha value is -3.27. The molecule has 0 unspecified atom stereocenters. The number of amides is 1. The van der Waals surface area contributed by atoms with Crippen LogP contribution in [0, 0.1) is 0 Å². The number of likely N-dealkylation sites (tertiary alicyclic amines) is 1. The highest BCUT2D eigenvalue weighted by molar-refractivity contribution is 7.92. The van der Waals surface area contributed by atoms with Gasteiger partial charge in [0.2, 0.25) is 10.0 Å². The molecule has 10 heteroatoms. The predicted octanol–water partition coefficient (Wildman–Crippen LogP) is 3.89. The maximum absolute atomic E-state index is 13.4. The zero-order valence-corrected chi connectivity index (χ0v) is 21.4. The summed E-state index contributed by atoms with van der Waals surface area (Å²) in [7, 11) is -3.40. The Morgan fingerprint density at radius 3 is 2.69 bits per heavy atom. The summed E-state index contributed by atoms with van der Waals surface area (Å²) in [6.45, 7) is 7.33. The van der Waals surface area contributed by atoms with Crippen molar-refractivity contribution >= 4 is 44.0 Å². The van der Waals surface area contributed by atoms with Crippen molar-refractivity contribution in [3.63, 3.8) is 0 Å². The Bertz CT molecular complexity index is 1280. The Morgan fingerprint density at radius 2 is 2.00 bits per heavy atom. The number of hydrogen-bond acceptors (Lipinski definition) is 6. The molecule has 0 atom stereocenters. The van der Waals surface area contributed by atoms with E-state index in [4.69, 9.17) is 0 Å². The lowest BCUT2D eigenvalue weighted by molar-refractivity contribution is 0.0714. The van der Waals surface area contributed by atoms with Gasteiger partial charge in [-0.25, -0.2) is 13.4 Å². The largest absolute Gasteiger partial charge is 0.382 e. The Balaban J connectivity index is 1.47. The lowest BCUT2D eigenvalue weighted by atomic mass is 10.0. The first-order valence-electron chi connectivity index (χ1n) is 12.1. The summed E-state index contributed by atoms with van der Waals surface area (Å²) in [5.41, 5.74) is 2.83. The number of hydrogen-bond donors (Lipinski definition) is 3. The number of sulfonamides is 1. The summed E-state index contributed by atoms with van der Waals surface area (Å²) in [4.78, 5) is 25.4. The topological polar surface area (TPSA) is 110 Å². The summed E-state index contributed by atoms with van der Waals surface area (Å²) in [6, 6.07) is 9.49. The fraction of sp³-hybridized carbons (Fsp3) is 0.440. The molecule has 0 bridgehead atoms. The van der Waals surface area contributed by atoms with Crippen LogP contribution in [0.4, 0.5) is 17.2 Å². The normalized spacial score (nSPS) is 14.8. The van der Waals surface area contributed by atoms with Crippen LogP contribution in [-0.2, 0) is 10.0 Å². The maximum atomic E-state index is 13.4. The SMILES string of the molecule is CCCNc1cccnc1N(CC)C1CCN(C(=O)c2c[nH]c3ccc(NS(C)(=O)=O)cc23)CC1. The third-order valence-electron chi connectivity index (χ3n) is 6.37. The number of nitrogens with one attached hydrogen (secondary N) is 3. The summed E-state index contributed by atoms with van der Waals surface area (Å²) >= 11 is 0. The van der Waals surface area contributed by atoms with Gasteiger partial charge in [0, 0.05) is 61.2 Å². The number of fused-ring (bicyclic) bond motifs is 1. The van der Waals surface area contributed by atoms with Gasteiger partial charge in [-0.1, -0.05) is 6.92 Å². The van der Waals surface area contributed by atoms with Crippen molar-refractivity contribution in [2.45, 2.75) is 39.2 Å². The van der Waals surface area contributed by atoms with Gasteiger partial charge < -0.3 is 20.1 Å². The van der Waals surface area contributed by atoms with Crippen molar-refractivity contribution in [1.82, 2.24) is 14.9 Å². The molecule has 35 heavy (non-hydrogen) atoms. The van der Waals surface area contributed by atoms with Gasteiger partial charge in [-0.05, 0) is 56.5 Å². The monoisotopic (exact) mass is 498 g/mol. The van der Waals surface area contributed by atoms with E-state index in [0.29, 0.717) is 35.8 Å². The van der Waals surface area contributed by atoms with Crippen molar-refractivity contribution < 1.29 is 13.2 Å². The standard InChI is InChI=1S/C25H34N6O3S/c1-4-12-26-23-7-6-13-27-24(23)31(5-2)19-10-14-30(15-11-19)25(32)21-17-28-22-9-8-18(16-20(21)22)29-35(3,33)34/h6-9,13,16-17,19,26,28-29H,4-5,10-12,14-15H2,1-3H3. The Labute approximate surface area is 207 Å². The number of carbonyl (C=O) groups is 1. The molecule has 0 radical (unpaired) electrons. The van der Waals surface area contributed by atoms with Crippen LogP contribution in [0.1, 0.15) is 43.5 Å². The molecular weight excluding hydrogens is 464 g/mol. The van der Waals surface area contributed by atoms with Gasteiger partial charge in [0.1, 0.15) is 0 Å². The van der Waals surface area contributed by atoms with Gasteiger partial charge >= 0.3 is 0 Å². The fourth-order valence-electron chi connectivity index (χ4n) is 4.73. The molecule has 0 aliphatic carbocycles. The first-order valence-corrected chi connectivity index (χ1v) is 14.0. The van der Waals surface area contributed by atoms with Crippen molar-refractivity contribution in [3.05, 3.63) is 48.3 Å². The molecule has 188 valence electrons. The fourth-order valence-corrected chi connectivity index (χ4v) is 5.29. The van der Waals surface area contributed by atoms with Crippen LogP contribution < -0.4 is 14.9 Å². The van der Waals surface area contributed by atoms with E-state index < -0.39 is 10.0 Å². The minimum Gasteiger partial charge on any atom is -0.382 e. The zero-order chi connectivity index (χ0) is 25.0. The molecule has 1 aliphatic rings. The average molecular weight is 499 g/mol. The molecule has 3 heterocycles. The molecular formula is C25H34N6O3S. The quantitative estimate of drug-likeness (QED) is 0.413. The number of nitrogens with zero attached hydrogens (tertiary/aromatic N) is 3. The molecule has 3 aromatic rings. The number of rotatable bonds is 9. The molecule has 1 fully saturated rings. The van der Waals surface area contributed by atoms with Crippen LogP contribution in [0.5, 0.6) is 0 Å². The molecule has 4 rings (SSSR count). The first kappa shape index (κ1) is 24.8. The Morgan fingerprint density at radius 1 is 1.23 bits per heavy atom. The third-order valence-corrected chi connectivity index (χ3v) is 6.98. The van der Waals surface area contributed by atoms with E-state index in [0.717, 1.165) is 55.6 Å². The van der Waals surface area contributed by atoms with Gasteiger partial charge in [-0.2, -0.15) is 0 Å². The van der Waals surface area contributed by atoms with Crippen LogP contribution in [0.3, 0.4) is 0 Å². The highest BCUT2D eigenvalue weighted by Crippen LogP contribution is 2.30. The van der Waals surface area contributed by atoms with E-state index in [2.05, 4.69) is 44.8 Å². The van der Waals surface area contributed by atoms with Crippen molar-refractivity contribution in [2.24, 2.45) is 0 Å². The third kappa shape index (κ3) is 5.70. The highest BCUT2D eigenvalue weighted by atomic mass is 32.2. The van der Waals surface area contributed by atoms with Crippen molar-refractivity contribution in [2.75, 3.05) is 47.4 Å². The van der Waals surface area contributed by atoms with E-state index in [1.54, 1.807) is 24.4 Å². The lowest BCUT2D eigenvalue weighted by Crippen LogP contribution is -2.47. The molecule has 0 spiro atoms. The number of pyridine rings is 1. The van der Waals surface area contributed by atoms with Crippen molar-refractivity contribution in [3.8, 4) is 0 Å². The summed E-state index contributed by atoms with van der Waals surface area (Å²) in [6.07, 6.45) is 7.40. The maximum Gasteiger partial charge on any atom is 0.256 e. The molecule has 1 aliphatic heterocycles. The molecule has 9 nitrogen and oxygen atoms in total. The van der Waals surface area contributed by atoms with E-state index >= 15 is 0 Å². The summed E-state index contributed by atoms with van der Waals surface area (Å²) in [5, 5.41) is 4.19. The second kappa shape index (κ2) is 10.6. The summed E-state index contributed by atoms with van der Waals surface area (Å²) < 4.78 is 25.7. The van der Waals surface area contributed by atoms with Gasteiger partial charge in [0.15, 0.2) is 5.82 Å². The van der Waals surface area contributed by atoms with Gasteiger partial charge in [-0.15, -0.1) is 0 Å². The number of aromatic nitrogens is 2. The second-order valence-corrected chi connectivity index (χ2v) is 10.7. The Kier molecular flexibility index (Phi) is 7.49. The van der Waals surface area contributed by atoms with Gasteiger partial charge in [0.05, 0.1) is 17.5 Å². The number of benzene rings is 1. The average Bonchev–Trinajstić information content (AvgIpc) is 3.26. The first-order chi connectivity index (χ1) is 16.8. The van der Waals surface area contributed by atoms with Gasteiger partial charge in [0.25, 0.3) is 5.91 Å². The molecule has 1 saturated heterocycles. The van der Waals surface area contributed by atoms with E-state index in [9.17, 15) is 13.2 Å². The number of anilines is 3. The van der Waals surface area contributed by atoms with Crippen LogP contribution in [-0.4, -0.2) is 67.7 Å². The molecule has 0 saturated carbocycles. The van der Waals surface area contributed by atoms with E-state index in [1.807, 2.05) is 17.2 Å². The van der Waals surface area contributed by atoms with Crippen LogP contribution in [0.25, 0.3) is 10.9 Å². The van der Waals surface area contributed by atoms with Crippen LogP contribution in [0.2, 0.25) is 0 Å². The minimum atomic E-state index is -3.40. The summed E-state index contributed by atoms with van der Waals surface area (Å²) in [5.74, 6) is 0.924. The van der Waals surface area contributed by atoms with E-state index in [-0.39, 0.29) is 5.91 Å².